The van der Waals surface area contributed by atoms with Gasteiger partial charge in [0.15, 0.2) is 0 Å². The van der Waals surface area contributed by atoms with Crippen molar-refractivity contribution in [3.8, 4) is 5.75 Å². The number of fused-ring (bicyclic) bond motifs is 1. The van der Waals surface area contributed by atoms with Gasteiger partial charge in [-0.25, -0.2) is 0 Å². The van der Waals surface area contributed by atoms with E-state index < -0.39 is 0 Å². The summed E-state index contributed by atoms with van der Waals surface area (Å²) in [5.41, 5.74) is 5.22. The molecule has 6 heteroatoms. The zero-order valence-electron chi connectivity index (χ0n) is 24.3. The van der Waals surface area contributed by atoms with Crippen molar-refractivity contribution in [1.29, 1.82) is 0 Å². The molecule has 1 N–H and O–H groups in total. The molecule has 1 heterocycles. The second kappa shape index (κ2) is 13.5. The summed E-state index contributed by atoms with van der Waals surface area (Å²) in [4.78, 5) is 34.5. The van der Waals surface area contributed by atoms with E-state index in [1.54, 1.807) is 12.0 Å². The van der Waals surface area contributed by atoms with Gasteiger partial charge in [-0.3, -0.25) is 9.59 Å². The molecule has 41 heavy (non-hydrogen) atoms. The third-order valence-corrected chi connectivity index (χ3v) is 8.04. The first kappa shape index (κ1) is 28.5. The van der Waals surface area contributed by atoms with Crippen molar-refractivity contribution in [2.45, 2.75) is 64.5 Å². The van der Waals surface area contributed by atoms with Gasteiger partial charge in [0, 0.05) is 41.8 Å². The Labute approximate surface area is 243 Å². The fourth-order valence-corrected chi connectivity index (χ4v) is 5.39. The Hall–Kier alpha value is -4.06. The molecule has 0 spiro atoms. The van der Waals surface area contributed by atoms with E-state index in [-0.39, 0.29) is 24.4 Å². The van der Waals surface area contributed by atoms with Crippen LogP contribution in [0.2, 0.25) is 0 Å². The summed E-state index contributed by atoms with van der Waals surface area (Å²) in [5, 5.41) is 1.18. The van der Waals surface area contributed by atoms with Crippen LogP contribution in [0.3, 0.4) is 0 Å². The molecule has 1 saturated carbocycles. The van der Waals surface area contributed by atoms with Gasteiger partial charge in [0.1, 0.15) is 12.3 Å². The standard InChI is InChI=1S/C35H41N3O3/c1-3-4-5-8-26-11-15-28(16-12-26)35(40)38(30-17-18-30)25-34(39)37(24-27-13-19-31(41-2)20-14-27)22-21-29-23-36-33-10-7-6-9-32(29)33/h6-7,9-16,19-20,23,30,36H,3-5,8,17-18,21-22,24-25H2,1-2H3. The SMILES string of the molecule is CCCCCc1ccc(C(=O)N(CC(=O)N(CCc2c[nH]c3ccccc23)Cc2ccc(OC)cc2)C2CC2)cc1. The maximum atomic E-state index is 13.9. The Morgan fingerprint density at radius 2 is 1.63 bits per heavy atom. The van der Waals surface area contributed by atoms with E-state index in [4.69, 9.17) is 4.74 Å². The van der Waals surface area contributed by atoms with E-state index in [2.05, 4.69) is 36.2 Å². The van der Waals surface area contributed by atoms with Crippen LogP contribution in [-0.4, -0.2) is 52.8 Å². The van der Waals surface area contributed by atoms with E-state index in [1.165, 1.54) is 29.4 Å². The number of amides is 2. The summed E-state index contributed by atoms with van der Waals surface area (Å²) >= 11 is 0. The van der Waals surface area contributed by atoms with Gasteiger partial charge in [-0.05, 0) is 79.1 Å². The maximum absolute atomic E-state index is 13.9. The number of aromatic amines is 1. The molecule has 6 nitrogen and oxygen atoms in total. The lowest BCUT2D eigenvalue weighted by Crippen LogP contribution is -2.44. The fraction of sp³-hybridized carbons (Fsp3) is 0.371. The monoisotopic (exact) mass is 551 g/mol. The van der Waals surface area contributed by atoms with E-state index in [1.807, 2.05) is 59.6 Å². The number of aryl methyl sites for hydroxylation is 1. The number of carbonyl (C=O) groups is 2. The van der Waals surface area contributed by atoms with Gasteiger partial charge in [-0.2, -0.15) is 0 Å². The Balaban J connectivity index is 1.30. The van der Waals surface area contributed by atoms with Crippen LogP contribution in [0.5, 0.6) is 5.75 Å². The van der Waals surface area contributed by atoms with E-state index >= 15 is 0 Å². The smallest absolute Gasteiger partial charge is 0.254 e. The quantitative estimate of drug-likeness (QED) is 0.176. The summed E-state index contributed by atoms with van der Waals surface area (Å²) in [7, 11) is 1.65. The first-order chi connectivity index (χ1) is 20.1. The van der Waals surface area contributed by atoms with Crippen molar-refractivity contribution in [3.05, 3.63) is 101 Å². The van der Waals surface area contributed by atoms with Crippen LogP contribution in [0.15, 0.2) is 79.0 Å². The highest BCUT2D eigenvalue weighted by atomic mass is 16.5. The van der Waals surface area contributed by atoms with Gasteiger partial charge < -0.3 is 19.5 Å². The van der Waals surface area contributed by atoms with Crippen molar-refractivity contribution in [2.24, 2.45) is 0 Å². The number of methoxy groups -OCH3 is 1. The molecule has 1 fully saturated rings. The van der Waals surface area contributed by atoms with Crippen molar-refractivity contribution < 1.29 is 14.3 Å². The van der Waals surface area contributed by atoms with Crippen LogP contribution >= 0.6 is 0 Å². The first-order valence-corrected chi connectivity index (χ1v) is 14.9. The summed E-state index contributed by atoms with van der Waals surface area (Å²) in [6.45, 7) is 3.33. The van der Waals surface area contributed by atoms with Crippen molar-refractivity contribution in [3.63, 3.8) is 0 Å². The topological polar surface area (TPSA) is 65.6 Å². The molecule has 214 valence electrons. The van der Waals surface area contributed by atoms with Crippen molar-refractivity contribution in [1.82, 2.24) is 14.8 Å². The zero-order valence-corrected chi connectivity index (χ0v) is 24.3. The number of benzene rings is 3. The van der Waals surface area contributed by atoms with Crippen LogP contribution in [0.4, 0.5) is 0 Å². The molecule has 4 aromatic rings. The largest absolute Gasteiger partial charge is 0.497 e. The Morgan fingerprint density at radius 3 is 2.34 bits per heavy atom. The van der Waals surface area contributed by atoms with Crippen LogP contribution in [0.25, 0.3) is 10.9 Å². The zero-order chi connectivity index (χ0) is 28.6. The van der Waals surface area contributed by atoms with Crippen LogP contribution in [0, 0.1) is 0 Å². The number of hydrogen-bond acceptors (Lipinski definition) is 3. The number of para-hydroxylation sites is 1. The van der Waals surface area contributed by atoms with Crippen molar-refractivity contribution in [2.75, 3.05) is 20.2 Å². The summed E-state index contributed by atoms with van der Waals surface area (Å²) in [5.74, 6) is 0.700. The molecule has 2 amide bonds. The van der Waals surface area contributed by atoms with Gasteiger partial charge in [-0.15, -0.1) is 0 Å². The number of unbranched alkanes of at least 4 members (excludes halogenated alkanes) is 2. The first-order valence-electron chi connectivity index (χ1n) is 14.9. The van der Waals surface area contributed by atoms with Crippen molar-refractivity contribution >= 4 is 22.7 Å². The molecule has 1 aliphatic rings. The highest BCUT2D eigenvalue weighted by Crippen LogP contribution is 2.29. The van der Waals surface area contributed by atoms with E-state index in [0.717, 1.165) is 48.9 Å². The van der Waals surface area contributed by atoms with E-state index in [0.29, 0.717) is 18.7 Å². The molecular weight excluding hydrogens is 510 g/mol. The molecule has 0 bridgehead atoms. The molecule has 0 unspecified atom stereocenters. The Morgan fingerprint density at radius 1 is 0.902 bits per heavy atom. The minimum Gasteiger partial charge on any atom is -0.497 e. The predicted octanol–water partition coefficient (Wildman–Crippen LogP) is 6.79. The van der Waals surface area contributed by atoms with E-state index in [9.17, 15) is 9.59 Å². The van der Waals surface area contributed by atoms with Gasteiger partial charge in [0.2, 0.25) is 5.91 Å². The van der Waals surface area contributed by atoms with Gasteiger partial charge in [0.25, 0.3) is 5.91 Å². The minimum atomic E-state index is -0.0537. The summed E-state index contributed by atoms with van der Waals surface area (Å²) in [6, 6.07) is 24.2. The number of nitrogens with zero attached hydrogens (tertiary/aromatic N) is 2. The maximum Gasteiger partial charge on any atom is 0.254 e. The lowest BCUT2D eigenvalue weighted by Gasteiger charge is -2.28. The lowest BCUT2D eigenvalue weighted by atomic mass is 10.0. The molecule has 1 aromatic heterocycles. The molecule has 0 atom stereocenters. The van der Waals surface area contributed by atoms with Crippen LogP contribution in [0.1, 0.15) is 66.1 Å². The van der Waals surface area contributed by atoms with Crippen LogP contribution in [-0.2, 0) is 24.2 Å². The molecular formula is C35H41N3O3. The highest BCUT2D eigenvalue weighted by molar-refractivity contribution is 5.97. The Bertz CT molecular complexity index is 1440. The molecule has 3 aromatic carbocycles. The molecule has 1 aliphatic carbocycles. The predicted molar refractivity (Wildman–Crippen MR) is 164 cm³/mol. The number of aromatic nitrogens is 1. The molecule has 0 radical (unpaired) electrons. The van der Waals surface area contributed by atoms with Gasteiger partial charge in [0.05, 0.1) is 7.11 Å². The molecule has 5 rings (SSSR count). The second-order valence-corrected chi connectivity index (χ2v) is 11.1. The van der Waals surface area contributed by atoms with Gasteiger partial charge >= 0.3 is 0 Å². The Kier molecular flexibility index (Phi) is 9.40. The third kappa shape index (κ3) is 7.37. The fourth-order valence-electron chi connectivity index (χ4n) is 5.39. The molecule has 0 saturated heterocycles. The average molecular weight is 552 g/mol. The number of ether oxygens (including phenoxy) is 1. The number of hydrogen-bond donors (Lipinski definition) is 1. The number of carbonyl (C=O) groups excluding carboxylic acids is 2. The summed E-state index contributed by atoms with van der Waals surface area (Å²) < 4.78 is 5.32. The lowest BCUT2D eigenvalue weighted by molar-refractivity contribution is -0.132. The minimum absolute atomic E-state index is 0.0305. The highest BCUT2D eigenvalue weighted by Gasteiger charge is 2.35. The number of H-pyrrole nitrogens is 1. The van der Waals surface area contributed by atoms with Crippen LogP contribution < -0.4 is 4.74 Å². The van der Waals surface area contributed by atoms with Gasteiger partial charge in [-0.1, -0.05) is 62.2 Å². The normalized spacial score (nSPS) is 12.8. The molecule has 0 aliphatic heterocycles. The average Bonchev–Trinajstić information content (AvgIpc) is 3.77. The number of rotatable bonds is 14. The third-order valence-electron chi connectivity index (χ3n) is 8.04. The summed E-state index contributed by atoms with van der Waals surface area (Å²) in [6.07, 6.45) is 9.25. The second-order valence-electron chi connectivity index (χ2n) is 11.1. The number of nitrogens with one attached hydrogen (secondary N) is 1.